The maximum Gasteiger partial charge on any atom is 1.00 e. The van der Waals surface area contributed by atoms with E-state index in [1.165, 1.54) is 16.7 Å². The molecule has 6 heteroatoms. The van der Waals surface area contributed by atoms with Gasteiger partial charge in [-0.1, -0.05) is 36.4 Å². The van der Waals surface area contributed by atoms with Crippen molar-refractivity contribution >= 4 is 21.7 Å². The van der Waals surface area contributed by atoms with Crippen LogP contribution in [0.3, 0.4) is 0 Å². The second-order valence-electron chi connectivity index (χ2n) is 5.58. The molecule has 3 nitrogen and oxygen atoms in total. The van der Waals surface area contributed by atoms with Crippen molar-refractivity contribution in [3.63, 3.8) is 0 Å². The zero-order valence-electron chi connectivity index (χ0n) is 14.9. The van der Waals surface area contributed by atoms with Crippen LogP contribution in [0.4, 0.5) is 0 Å². The van der Waals surface area contributed by atoms with E-state index in [9.17, 15) is 13.0 Å². The maximum atomic E-state index is 10.5. The molecule has 2 aromatic rings. The molecular weight excluding hydrogens is 355 g/mol. The fraction of sp³-hybridized carbons (Fsp3) is 0.333. The first kappa shape index (κ1) is 23.6. The van der Waals surface area contributed by atoms with Gasteiger partial charge in [0, 0.05) is 5.88 Å². The summed E-state index contributed by atoms with van der Waals surface area (Å²) in [5.74, 6) is 0.212. The van der Waals surface area contributed by atoms with Crippen molar-refractivity contribution < 1.29 is 42.5 Å². The molecule has 0 saturated carbocycles. The minimum Gasteiger partial charge on any atom is -0.748 e. The summed E-state index contributed by atoms with van der Waals surface area (Å²) in [6.07, 6.45) is 0. The third-order valence-electron chi connectivity index (χ3n) is 3.74. The second-order valence-corrected chi connectivity index (χ2v) is 7.25. The zero-order chi connectivity index (χ0) is 17.6. The van der Waals surface area contributed by atoms with Crippen molar-refractivity contribution in [3.8, 4) is 0 Å². The average Bonchev–Trinajstić information content (AvgIpc) is 2.43. The quantitative estimate of drug-likeness (QED) is 0.462. The Bertz CT molecular complexity index is 733. The number of benzene rings is 2. The second kappa shape index (κ2) is 10.6. The van der Waals surface area contributed by atoms with Gasteiger partial charge in [-0.25, -0.2) is 8.42 Å². The van der Waals surface area contributed by atoms with Crippen molar-refractivity contribution in [3.05, 3.63) is 69.8 Å². The zero-order valence-corrected chi connectivity index (χ0v) is 18.5. The van der Waals surface area contributed by atoms with Gasteiger partial charge >= 0.3 is 29.6 Å². The number of halogens is 1. The van der Waals surface area contributed by atoms with Crippen LogP contribution in [0.25, 0.3) is 0 Å². The smallest absolute Gasteiger partial charge is 0.748 e. The fourth-order valence-corrected chi connectivity index (χ4v) is 3.54. The summed E-state index contributed by atoms with van der Waals surface area (Å²) in [4.78, 5) is 0. The third-order valence-corrected chi connectivity index (χ3v) is 4.65. The minimum absolute atomic E-state index is 0. The summed E-state index contributed by atoms with van der Waals surface area (Å²) < 4.78 is 31.6. The largest absolute Gasteiger partial charge is 1.00 e. The maximum absolute atomic E-state index is 10.5. The molecular formula is C18H22ClNaO3S. The van der Waals surface area contributed by atoms with Crippen LogP contribution in [-0.2, 0) is 21.8 Å². The Kier molecular flexibility index (Phi) is 10.4. The molecule has 0 aliphatic rings. The minimum atomic E-state index is -4.17. The van der Waals surface area contributed by atoms with E-state index in [4.69, 9.17) is 11.6 Å². The summed E-state index contributed by atoms with van der Waals surface area (Å²) in [5, 5.41) is 0. The Balaban J connectivity index is 0.000000436. The monoisotopic (exact) mass is 376 g/mol. The molecule has 0 aromatic heterocycles. The Morgan fingerprint density at radius 3 is 1.42 bits per heavy atom. The molecule has 24 heavy (non-hydrogen) atoms. The van der Waals surface area contributed by atoms with Gasteiger partial charge in [-0.05, 0) is 61.1 Å². The third kappa shape index (κ3) is 7.68. The molecule has 0 unspecified atom stereocenters. The first-order valence-corrected chi connectivity index (χ1v) is 9.36. The number of hydrogen-bond acceptors (Lipinski definition) is 3. The molecule has 2 rings (SSSR count). The van der Waals surface area contributed by atoms with Crippen molar-refractivity contribution in [2.45, 2.75) is 39.3 Å². The van der Waals surface area contributed by atoms with Crippen molar-refractivity contribution in [2.24, 2.45) is 0 Å². The van der Waals surface area contributed by atoms with Gasteiger partial charge in [-0.2, -0.15) is 0 Å². The van der Waals surface area contributed by atoms with E-state index < -0.39 is 15.9 Å². The van der Waals surface area contributed by atoms with Crippen LogP contribution < -0.4 is 29.6 Å². The van der Waals surface area contributed by atoms with Gasteiger partial charge < -0.3 is 4.55 Å². The molecule has 0 fully saturated rings. The topological polar surface area (TPSA) is 57.2 Å². The van der Waals surface area contributed by atoms with Crippen LogP contribution in [0.15, 0.2) is 36.4 Å². The number of aryl methyl sites for hydroxylation is 4. The average molecular weight is 377 g/mol. The van der Waals surface area contributed by atoms with Gasteiger partial charge in [0.25, 0.3) is 0 Å². The van der Waals surface area contributed by atoms with Crippen LogP contribution in [0.1, 0.15) is 33.4 Å². The fourth-order valence-electron chi connectivity index (χ4n) is 2.31. The molecule has 0 aliphatic heterocycles. The van der Waals surface area contributed by atoms with E-state index >= 15 is 0 Å². The molecule has 0 aliphatic carbocycles. The van der Waals surface area contributed by atoms with Crippen molar-refractivity contribution in [1.29, 1.82) is 0 Å². The number of rotatable bonds is 3. The van der Waals surface area contributed by atoms with Crippen LogP contribution in [0.2, 0.25) is 0 Å². The van der Waals surface area contributed by atoms with Gasteiger partial charge in [-0.15, -0.1) is 11.6 Å². The SMILES string of the molecule is Cc1cccc(C)c1CCl.Cc1cccc(C)c1CS(=O)(=O)[O-].[Na+]. The van der Waals surface area contributed by atoms with Gasteiger partial charge in [0.1, 0.15) is 0 Å². The molecule has 0 N–H and O–H groups in total. The van der Waals surface area contributed by atoms with E-state index in [1.54, 1.807) is 26.0 Å². The summed E-state index contributed by atoms with van der Waals surface area (Å²) in [7, 11) is -4.17. The molecule has 2 aromatic carbocycles. The summed E-state index contributed by atoms with van der Waals surface area (Å²) in [6.45, 7) is 7.77. The summed E-state index contributed by atoms with van der Waals surface area (Å²) >= 11 is 5.74. The first-order chi connectivity index (χ1) is 10.7. The van der Waals surface area contributed by atoms with Crippen LogP contribution >= 0.6 is 11.6 Å². The van der Waals surface area contributed by atoms with Gasteiger partial charge in [-0.3, -0.25) is 0 Å². The van der Waals surface area contributed by atoms with Crippen molar-refractivity contribution in [1.82, 2.24) is 0 Å². The first-order valence-electron chi connectivity index (χ1n) is 7.25. The molecule has 0 amide bonds. The molecule has 0 atom stereocenters. The number of hydrogen-bond donors (Lipinski definition) is 0. The summed E-state index contributed by atoms with van der Waals surface area (Å²) in [5.41, 5.74) is 6.16. The van der Waals surface area contributed by atoms with E-state index in [1.807, 2.05) is 6.07 Å². The van der Waals surface area contributed by atoms with E-state index in [-0.39, 0.29) is 29.6 Å². The van der Waals surface area contributed by atoms with E-state index in [0.717, 1.165) is 11.1 Å². The standard InChI is InChI=1S/C9H11Cl.C9H12O3S.Na/c1-7-4-3-5-8(2)9(7)6-10;1-7-4-3-5-8(2)9(7)6-13(10,11)12;/h3-5H,6H2,1-2H3;3-5H,6H2,1-2H3,(H,10,11,12);/q;;+1/p-1. The predicted molar refractivity (Wildman–Crippen MR) is 94.8 cm³/mol. The van der Waals surface area contributed by atoms with Crippen molar-refractivity contribution in [2.75, 3.05) is 0 Å². The Hall–Kier alpha value is -0.360. The van der Waals surface area contributed by atoms with Crippen LogP contribution in [-0.4, -0.2) is 13.0 Å². The van der Waals surface area contributed by atoms with Gasteiger partial charge in [0.05, 0.1) is 15.9 Å². The van der Waals surface area contributed by atoms with Crippen LogP contribution in [0.5, 0.6) is 0 Å². The molecule has 126 valence electrons. The Morgan fingerprint density at radius 2 is 1.17 bits per heavy atom. The van der Waals surface area contributed by atoms with E-state index in [2.05, 4.69) is 32.0 Å². The Morgan fingerprint density at radius 1 is 0.833 bits per heavy atom. The summed E-state index contributed by atoms with van der Waals surface area (Å²) in [6, 6.07) is 11.7. The van der Waals surface area contributed by atoms with E-state index in [0.29, 0.717) is 11.4 Å². The van der Waals surface area contributed by atoms with Crippen LogP contribution in [0, 0.1) is 27.7 Å². The molecule has 0 radical (unpaired) electrons. The predicted octanol–water partition coefficient (Wildman–Crippen LogP) is 1.39. The molecule has 0 heterocycles. The Labute approximate surface area is 172 Å². The number of alkyl halides is 1. The molecule has 0 spiro atoms. The molecule has 0 saturated heterocycles. The molecule has 0 bridgehead atoms. The normalized spacial score (nSPS) is 10.4. The van der Waals surface area contributed by atoms with Gasteiger partial charge in [0.2, 0.25) is 0 Å². The van der Waals surface area contributed by atoms with Gasteiger partial charge in [0.15, 0.2) is 0 Å².